The van der Waals surface area contributed by atoms with E-state index < -0.39 is 0 Å². The molecular weight excluding hydrogens is 505 g/mol. The van der Waals surface area contributed by atoms with E-state index in [0.717, 1.165) is 30.3 Å². The van der Waals surface area contributed by atoms with Gasteiger partial charge in [0.1, 0.15) is 11.5 Å². The molecule has 7 heteroatoms. The third kappa shape index (κ3) is 11.0. The molecule has 0 spiro atoms. The number of carbonyl (C=O) groups is 1. The van der Waals surface area contributed by atoms with Crippen LogP contribution >= 0.6 is 31.8 Å². The Labute approximate surface area is 242 Å². The minimum Gasteiger partial charge on any atom is -0.493 e. The van der Waals surface area contributed by atoms with E-state index in [2.05, 4.69) is 27.7 Å². The van der Waals surface area contributed by atoms with E-state index in [4.69, 9.17) is 32.7 Å². The van der Waals surface area contributed by atoms with Gasteiger partial charge >= 0.3 is 0 Å². The number of hydrogen-bond acceptors (Lipinski definition) is 3. The van der Waals surface area contributed by atoms with Crippen molar-refractivity contribution in [1.29, 1.82) is 0 Å². The molecular formula is C29H41Cl2LiO3P. The summed E-state index contributed by atoms with van der Waals surface area (Å²) in [5, 5.41) is 1.60. The van der Waals surface area contributed by atoms with Gasteiger partial charge in [0, 0.05) is 30.2 Å². The van der Waals surface area contributed by atoms with Gasteiger partial charge in [0.25, 0.3) is 0 Å². The van der Waals surface area contributed by atoms with Crippen LogP contribution in [-0.2, 0) is 0 Å². The van der Waals surface area contributed by atoms with Crippen LogP contribution in [0.25, 0.3) is 0 Å². The van der Waals surface area contributed by atoms with E-state index in [0.29, 0.717) is 46.4 Å². The van der Waals surface area contributed by atoms with Crippen LogP contribution in [0, 0.1) is 11.8 Å². The number of halogens is 2. The third-order valence-electron chi connectivity index (χ3n) is 6.44. The second kappa shape index (κ2) is 18.5. The summed E-state index contributed by atoms with van der Waals surface area (Å²) in [6.07, 6.45) is 9.28. The molecule has 0 amide bonds. The largest absolute Gasteiger partial charge is 0.493 e. The second-order valence-electron chi connectivity index (χ2n) is 9.16. The smallest absolute Gasteiger partial charge is 0.188 e. The Kier molecular flexibility index (Phi) is 17.2. The maximum absolute atomic E-state index is 13.1. The molecule has 0 fully saturated rings. The summed E-state index contributed by atoms with van der Waals surface area (Å²) >= 11 is 12.6. The van der Waals surface area contributed by atoms with Gasteiger partial charge in [0.05, 0.1) is 28.8 Å². The fourth-order valence-corrected chi connectivity index (χ4v) is 5.73. The van der Waals surface area contributed by atoms with Crippen molar-refractivity contribution in [1.82, 2.24) is 0 Å². The van der Waals surface area contributed by atoms with Crippen LogP contribution in [0.3, 0.4) is 0 Å². The molecule has 3 nitrogen and oxygen atoms in total. The van der Waals surface area contributed by atoms with Crippen molar-refractivity contribution in [3.8, 4) is 11.5 Å². The molecule has 3 atom stereocenters. The molecule has 2 rings (SSSR count). The normalized spacial score (nSPS) is 12.8. The minimum atomic E-state index is -0.142. The maximum atomic E-state index is 13.1. The monoisotopic (exact) mass is 545 g/mol. The van der Waals surface area contributed by atoms with Crippen LogP contribution in [0.1, 0.15) is 89.4 Å². The van der Waals surface area contributed by atoms with Crippen LogP contribution in [-0.4, -0.2) is 37.6 Å². The van der Waals surface area contributed by atoms with E-state index in [-0.39, 0.29) is 33.0 Å². The Morgan fingerprint density at radius 3 is 1.94 bits per heavy atom. The number of carbonyl (C=O) groups excluding carboxylic acids is 1. The summed E-state index contributed by atoms with van der Waals surface area (Å²) in [6, 6.07) is 11.0. The third-order valence-corrected chi connectivity index (χ3v) is 8.23. The summed E-state index contributed by atoms with van der Waals surface area (Å²) < 4.78 is 12.5. The molecule has 0 aromatic heterocycles. The Morgan fingerprint density at radius 2 is 1.42 bits per heavy atom. The number of unbranched alkanes of at least 4 members (excludes halogenated alkanes) is 2. The van der Waals surface area contributed by atoms with Crippen LogP contribution in [0.4, 0.5) is 0 Å². The molecule has 2 aromatic carbocycles. The maximum Gasteiger partial charge on any atom is 0.188 e. The van der Waals surface area contributed by atoms with E-state index >= 15 is 0 Å². The predicted octanol–water partition coefficient (Wildman–Crippen LogP) is 8.95. The molecule has 0 aliphatic heterocycles. The van der Waals surface area contributed by atoms with Crippen LogP contribution in [0.15, 0.2) is 36.4 Å². The van der Waals surface area contributed by atoms with Gasteiger partial charge in [-0.1, -0.05) is 95.5 Å². The van der Waals surface area contributed by atoms with Crippen molar-refractivity contribution in [2.75, 3.05) is 13.2 Å². The Morgan fingerprint density at radius 1 is 0.861 bits per heavy atom. The zero-order valence-electron chi connectivity index (χ0n) is 22.7. The molecule has 195 valence electrons. The fraction of sp³-hybridized carbons (Fsp3) is 0.552. The molecule has 0 saturated carbocycles. The van der Waals surface area contributed by atoms with Gasteiger partial charge in [-0.15, -0.1) is 0 Å². The van der Waals surface area contributed by atoms with E-state index in [1.54, 1.807) is 18.2 Å². The number of hydrogen-bond donors (Lipinski definition) is 0. The standard InChI is InChI=1S/C29H41Cl2O3P.Li/c1-5-9-12-21(7-3)19-33-23-16-17-27(26(18-23)34-20-22(8-4)13-10-6-2)35-29(32)28-24(30)14-11-15-25(28)31;/h11,14-18,21-22,35H,5-10,12-13,19-20H2,1-4H3;. The van der Waals surface area contributed by atoms with Crippen molar-refractivity contribution in [2.24, 2.45) is 11.8 Å². The van der Waals surface area contributed by atoms with Gasteiger partial charge in [-0.3, -0.25) is 4.79 Å². The van der Waals surface area contributed by atoms with Crippen molar-refractivity contribution >= 4 is 61.5 Å². The molecule has 2 aromatic rings. The second-order valence-corrected chi connectivity index (χ2v) is 11.2. The summed E-state index contributed by atoms with van der Waals surface area (Å²) in [5.74, 6) is 2.54. The zero-order valence-corrected chi connectivity index (χ0v) is 25.2. The van der Waals surface area contributed by atoms with Crippen molar-refractivity contribution in [3.63, 3.8) is 0 Å². The van der Waals surface area contributed by atoms with Gasteiger partial charge in [-0.2, -0.15) is 0 Å². The van der Waals surface area contributed by atoms with Crippen LogP contribution < -0.4 is 14.8 Å². The zero-order chi connectivity index (χ0) is 25.6. The quantitative estimate of drug-likeness (QED) is 0.147. The summed E-state index contributed by atoms with van der Waals surface area (Å²) in [7, 11) is -0.142. The molecule has 0 heterocycles. The first-order chi connectivity index (χ1) is 16.9. The first-order valence-electron chi connectivity index (χ1n) is 13.1. The van der Waals surface area contributed by atoms with Gasteiger partial charge in [-0.05, 0) is 57.5 Å². The number of ether oxygens (including phenoxy) is 2. The SMILES string of the molecule is CCCCC(CC)COc1ccc(PC(=O)c2c(Cl)cccc2Cl)c(OCC(CC)CCCC)c1.[Li]. The molecule has 1 radical (unpaired) electrons. The first-order valence-corrected chi connectivity index (χ1v) is 14.8. The van der Waals surface area contributed by atoms with Crippen LogP contribution in [0.5, 0.6) is 11.5 Å². The van der Waals surface area contributed by atoms with E-state index in [1.165, 1.54) is 32.1 Å². The minimum absolute atomic E-state index is 0. The van der Waals surface area contributed by atoms with Gasteiger partial charge in [0.15, 0.2) is 5.52 Å². The molecule has 0 aliphatic rings. The summed E-state index contributed by atoms with van der Waals surface area (Å²) in [5.41, 5.74) is 0.277. The average molecular weight is 546 g/mol. The molecule has 0 saturated heterocycles. The van der Waals surface area contributed by atoms with E-state index in [9.17, 15) is 4.79 Å². The Balaban J connectivity index is 0.00000648. The molecule has 0 N–H and O–H groups in total. The molecule has 36 heavy (non-hydrogen) atoms. The summed E-state index contributed by atoms with van der Waals surface area (Å²) in [6.45, 7) is 10.2. The Hall–Kier alpha value is -0.683. The van der Waals surface area contributed by atoms with Gasteiger partial charge in [-0.25, -0.2) is 0 Å². The molecule has 0 aliphatic carbocycles. The predicted molar refractivity (Wildman–Crippen MR) is 159 cm³/mol. The molecule has 0 bridgehead atoms. The van der Waals surface area contributed by atoms with Gasteiger partial charge in [0.2, 0.25) is 0 Å². The first kappa shape index (κ1) is 33.3. The van der Waals surface area contributed by atoms with E-state index in [1.807, 2.05) is 18.2 Å². The van der Waals surface area contributed by atoms with Gasteiger partial charge < -0.3 is 9.47 Å². The Bertz CT molecular complexity index is 905. The number of benzene rings is 2. The van der Waals surface area contributed by atoms with Crippen molar-refractivity contribution < 1.29 is 14.3 Å². The van der Waals surface area contributed by atoms with Crippen LogP contribution in [0.2, 0.25) is 10.0 Å². The number of rotatable bonds is 17. The average Bonchev–Trinajstić information content (AvgIpc) is 2.85. The molecule has 3 unspecified atom stereocenters. The summed E-state index contributed by atoms with van der Waals surface area (Å²) in [4.78, 5) is 13.1. The van der Waals surface area contributed by atoms with Crippen molar-refractivity contribution in [3.05, 3.63) is 52.0 Å². The topological polar surface area (TPSA) is 35.5 Å². The fourth-order valence-electron chi connectivity index (χ4n) is 3.93. The van der Waals surface area contributed by atoms with Crippen molar-refractivity contribution in [2.45, 2.75) is 79.1 Å².